The summed E-state index contributed by atoms with van der Waals surface area (Å²) < 4.78 is 34.9. The number of nitrogens with zero attached hydrogens (tertiary/aromatic N) is 1. The van der Waals surface area contributed by atoms with E-state index in [9.17, 15) is 8.42 Å². The molecular weight excluding hydrogens is 242 g/mol. The maximum absolute atomic E-state index is 11.7. The molecule has 17 heavy (non-hydrogen) atoms. The predicted molar refractivity (Wildman–Crippen MR) is 67.4 cm³/mol. The van der Waals surface area contributed by atoms with Crippen molar-refractivity contribution in [2.45, 2.75) is 6.92 Å². The van der Waals surface area contributed by atoms with Gasteiger partial charge in [0.15, 0.2) is 11.5 Å². The van der Waals surface area contributed by atoms with Gasteiger partial charge < -0.3 is 9.47 Å². The van der Waals surface area contributed by atoms with Crippen LogP contribution >= 0.6 is 0 Å². The Morgan fingerprint density at radius 3 is 2.24 bits per heavy atom. The minimum Gasteiger partial charge on any atom is -0.493 e. The van der Waals surface area contributed by atoms with Crippen molar-refractivity contribution in [3.63, 3.8) is 0 Å². The van der Waals surface area contributed by atoms with Crippen molar-refractivity contribution >= 4 is 15.7 Å². The van der Waals surface area contributed by atoms with Gasteiger partial charge in [0.25, 0.3) is 0 Å². The highest BCUT2D eigenvalue weighted by atomic mass is 32.2. The van der Waals surface area contributed by atoms with Crippen molar-refractivity contribution in [1.29, 1.82) is 0 Å². The van der Waals surface area contributed by atoms with Crippen LogP contribution in [-0.4, -0.2) is 35.4 Å². The van der Waals surface area contributed by atoms with E-state index in [1.54, 1.807) is 25.1 Å². The Balaban J connectivity index is 3.17. The molecule has 0 spiro atoms. The lowest BCUT2D eigenvalue weighted by atomic mass is 10.3. The molecule has 0 aliphatic heterocycles. The van der Waals surface area contributed by atoms with E-state index in [-0.39, 0.29) is 5.75 Å². The second-order valence-corrected chi connectivity index (χ2v) is 5.70. The molecular formula is C11H17NO4S. The Morgan fingerprint density at radius 1 is 1.18 bits per heavy atom. The molecule has 0 amide bonds. The summed E-state index contributed by atoms with van der Waals surface area (Å²) >= 11 is 0. The van der Waals surface area contributed by atoms with E-state index in [2.05, 4.69) is 0 Å². The minimum atomic E-state index is -3.26. The first-order valence-corrected chi connectivity index (χ1v) is 6.75. The Labute approximate surface area is 102 Å². The quantitative estimate of drug-likeness (QED) is 0.804. The molecule has 0 heterocycles. The molecule has 0 saturated heterocycles. The van der Waals surface area contributed by atoms with Gasteiger partial charge in [-0.25, -0.2) is 8.42 Å². The third kappa shape index (κ3) is 2.82. The molecule has 1 rings (SSSR count). The standard InChI is InChI=1S/C11H17NO4S/c1-5-17(13,14)12(2)9-6-7-10(15-3)11(8-9)16-4/h6-8H,5H2,1-4H3. The predicted octanol–water partition coefficient (Wildman–Crippen LogP) is 1.49. The number of methoxy groups -OCH3 is 2. The third-order valence-electron chi connectivity index (χ3n) is 2.51. The molecule has 0 aromatic heterocycles. The number of benzene rings is 1. The fraction of sp³-hybridized carbons (Fsp3) is 0.455. The average molecular weight is 259 g/mol. The normalized spacial score (nSPS) is 11.1. The largest absolute Gasteiger partial charge is 0.493 e. The molecule has 6 heteroatoms. The Hall–Kier alpha value is -1.43. The Morgan fingerprint density at radius 2 is 1.76 bits per heavy atom. The van der Waals surface area contributed by atoms with Crippen molar-refractivity contribution in [2.75, 3.05) is 31.3 Å². The van der Waals surface area contributed by atoms with Crippen molar-refractivity contribution < 1.29 is 17.9 Å². The summed E-state index contributed by atoms with van der Waals surface area (Å²) in [4.78, 5) is 0. The highest BCUT2D eigenvalue weighted by Gasteiger charge is 2.17. The monoisotopic (exact) mass is 259 g/mol. The Kier molecular flexibility index (Phi) is 4.22. The van der Waals surface area contributed by atoms with Gasteiger partial charge >= 0.3 is 0 Å². The molecule has 0 atom stereocenters. The molecule has 0 saturated carbocycles. The van der Waals surface area contributed by atoms with E-state index in [1.807, 2.05) is 0 Å². The first-order chi connectivity index (χ1) is 7.96. The van der Waals surface area contributed by atoms with Crippen LogP contribution in [-0.2, 0) is 10.0 Å². The number of anilines is 1. The van der Waals surface area contributed by atoms with Crippen LogP contribution in [0.3, 0.4) is 0 Å². The lowest BCUT2D eigenvalue weighted by Crippen LogP contribution is -2.27. The first-order valence-electron chi connectivity index (χ1n) is 5.15. The van der Waals surface area contributed by atoms with E-state index >= 15 is 0 Å². The zero-order chi connectivity index (χ0) is 13.1. The van der Waals surface area contributed by atoms with Gasteiger partial charge in [-0.2, -0.15) is 0 Å². The average Bonchev–Trinajstić information content (AvgIpc) is 2.36. The van der Waals surface area contributed by atoms with Crippen LogP contribution < -0.4 is 13.8 Å². The van der Waals surface area contributed by atoms with Crippen LogP contribution in [0.2, 0.25) is 0 Å². The van der Waals surface area contributed by atoms with Gasteiger partial charge in [-0.3, -0.25) is 4.31 Å². The number of hydrogen-bond donors (Lipinski definition) is 0. The zero-order valence-corrected chi connectivity index (χ0v) is 11.2. The van der Waals surface area contributed by atoms with Gasteiger partial charge in [0.2, 0.25) is 10.0 Å². The van der Waals surface area contributed by atoms with Gasteiger partial charge in [0.05, 0.1) is 25.7 Å². The molecule has 0 bridgehead atoms. The fourth-order valence-corrected chi connectivity index (χ4v) is 2.20. The van der Waals surface area contributed by atoms with Gasteiger partial charge in [0.1, 0.15) is 0 Å². The topological polar surface area (TPSA) is 55.8 Å². The zero-order valence-electron chi connectivity index (χ0n) is 10.4. The number of ether oxygens (including phenoxy) is 2. The first kappa shape index (κ1) is 13.6. The van der Waals surface area contributed by atoms with E-state index in [0.717, 1.165) is 0 Å². The molecule has 0 radical (unpaired) electrons. The van der Waals surface area contributed by atoms with E-state index < -0.39 is 10.0 Å². The van der Waals surface area contributed by atoms with E-state index in [1.165, 1.54) is 25.6 Å². The summed E-state index contributed by atoms with van der Waals surface area (Å²) in [6, 6.07) is 4.98. The lowest BCUT2D eigenvalue weighted by molar-refractivity contribution is 0.355. The molecule has 0 aliphatic carbocycles. The minimum absolute atomic E-state index is 0.0534. The van der Waals surface area contributed by atoms with Crippen LogP contribution in [0.25, 0.3) is 0 Å². The second-order valence-electron chi connectivity index (χ2n) is 3.41. The molecule has 0 fully saturated rings. The molecule has 0 N–H and O–H groups in total. The van der Waals surface area contributed by atoms with Crippen molar-refractivity contribution in [3.05, 3.63) is 18.2 Å². The summed E-state index contributed by atoms with van der Waals surface area (Å²) in [6.07, 6.45) is 0. The summed E-state index contributed by atoms with van der Waals surface area (Å²) in [6.45, 7) is 1.60. The highest BCUT2D eigenvalue weighted by molar-refractivity contribution is 7.92. The highest BCUT2D eigenvalue weighted by Crippen LogP contribution is 2.31. The van der Waals surface area contributed by atoms with Gasteiger partial charge in [-0.15, -0.1) is 0 Å². The number of hydrogen-bond acceptors (Lipinski definition) is 4. The summed E-state index contributed by atoms with van der Waals surface area (Å²) in [5.41, 5.74) is 0.546. The van der Waals surface area contributed by atoms with E-state index in [0.29, 0.717) is 17.2 Å². The molecule has 0 unspecified atom stereocenters. The molecule has 1 aromatic rings. The van der Waals surface area contributed by atoms with E-state index in [4.69, 9.17) is 9.47 Å². The molecule has 96 valence electrons. The number of rotatable bonds is 5. The summed E-state index contributed by atoms with van der Waals surface area (Å²) in [7, 11) is 1.30. The van der Waals surface area contributed by atoms with Crippen molar-refractivity contribution in [2.24, 2.45) is 0 Å². The van der Waals surface area contributed by atoms with Crippen LogP contribution in [0.1, 0.15) is 6.92 Å². The van der Waals surface area contributed by atoms with Crippen molar-refractivity contribution in [3.8, 4) is 11.5 Å². The van der Waals surface area contributed by atoms with Crippen LogP contribution in [0.4, 0.5) is 5.69 Å². The Bertz CT molecular complexity index is 484. The van der Waals surface area contributed by atoms with Gasteiger partial charge in [-0.05, 0) is 19.1 Å². The van der Waals surface area contributed by atoms with Crippen LogP contribution in [0.15, 0.2) is 18.2 Å². The smallest absolute Gasteiger partial charge is 0.234 e. The van der Waals surface area contributed by atoms with Crippen LogP contribution in [0, 0.1) is 0 Å². The van der Waals surface area contributed by atoms with Crippen LogP contribution in [0.5, 0.6) is 11.5 Å². The third-order valence-corrected chi connectivity index (χ3v) is 4.29. The maximum Gasteiger partial charge on any atom is 0.234 e. The SMILES string of the molecule is CCS(=O)(=O)N(C)c1ccc(OC)c(OC)c1. The molecule has 5 nitrogen and oxygen atoms in total. The maximum atomic E-state index is 11.7. The second kappa shape index (κ2) is 5.27. The summed E-state index contributed by atoms with van der Waals surface area (Å²) in [5, 5.41) is 0. The molecule has 0 aliphatic rings. The number of sulfonamides is 1. The summed E-state index contributed by atoms with van der Waals surface area (Å²) in [5.74, 6) is 1.12. The fourth-order valence-electron chi connectivity index (χ4n) is 1.38. The van der Waals surface area contributed by atoms with Crippen molar-refractivity contribution in [1.82, 2.24) is 0 Å². The molecule has 1 aromatic carbocycles. The van der Waals surface area contributed by atoms with Gasteiger partial charge in [0, 0.05) is 13.1 Å². The lowest BCUT2D eigenvalue weighted by Gasteiger charge is -2.19. The van der Waals surface area contributed by atoms with Gasteiger partial charge in [-0.1, -0.05) is 0 Å².